The molecule has 7 nitrogen and oxygen atoms in total. The molecule has 0 aliphatic carbocycles. The maximum Gasteiger partial charge on any atom is 0.271 e. The van der Waals surface area contributed by atoms with E-state index in [-0.39, 0.29) is 23.1 Å². The van der Waals surface area contributed by atoms with E-state index in [9.17, 15) is 14.4 Å². The number of anilines is 1. The average molecular weight is 354 g/mol. The Kier molecular flexibility index (Phi) is 4.79. The Labute approximate surface area is 151 Å². The molecule has 0 unspecified atom stereocenters. The number of likely N-dealkylation sites (N-methyl/N-ethyl adjacent to an activating group) is 1. The van der Waals surface area contributed by atoms with Crippen LogP contribution in [-0.2, 0) is 11.8 Å². The minimum absolute atomic E-state index is 0.0869. The summed E-state index contributed by atoms with van der Waals surface area (Å²) in [6, 6.07) is 5.27. The van der Waals surface area contributed by atoms with E-state index in [1.54, 1.807) is 36.5 Å². The van der Waals surface area contributed by atoms with Gasteiger partial charge in [0.1, 0.15) is 5.69 Å². The summed E-state index contributed by atoms with van der Waals surface area (Å²) in [7, 11) is 1.69. The van der Waals surface area contributed by atoms with E-state index in [0.29, 0.717) is 25.3 Å². The Morgan fingerprint density at radius 1 is 1.35 bits per heavy atom. The molecule has 0 aromatic carbocycles. The number of nitrogens with zero attached hydrogens (tertiary/aromatic N) is 3. The molecule has 2 aromatic rings. The fourth-order valence-corrected chi connectivity index (χ4v) is 3.17. The highest BCUT2D eigenvalue weighted by Crippen LogP contribution is 2.24. The van der Waals surface area contributed by atoms with Crippen molar-refractivity contribution >= 4 is 11.6 Å². The molecule has 26 heavy (non-hydrogen) atoms. The first-order valence-corrected chi connectivity index (χ1v) is 8.52. The van der Waals surface area contributed by atoms with Gasteiger partial charge in [-0.1, -0.05) is 6.58 Å². The summed E-state index contributed by atoms with van der Waals surface area (Å²) in [5.41, 5.74) is 1.77. The summed E-state index contributed by atoms with van der Waals surface area (Å²) in [6.45, 7) is 7.24. The molecule has 0 spiro atoms. The molecule has 7 heteroatoms. The first-order valence-electron chi connectivity index (χ1n) is 8.52. The lowest BCUT2D eigenvalue weighted by Gasteiger charge is -2.45. The molecule has 0 radical (unpaired) electrons. The second kappa shape index (κ2) is 7.03. The van der Waals surface area contributed by atoms with Crippen molar-refractivity contribution in [3.8, 4) is 11.1 Å². The van der Waals surface area contributed by atoms with E-state index >= 15 is 0 Å². The third-order valence-electron chi connectivity index (χ3n) is 4.76. The van der Waals surface area contributed by atoms with Gasteiger partial charge < -0.3 is 19.4 Å². The van der Waals surface area contributed by atoms with Crippen molar-refractivity contribution in [1.29, 1.82) is 0 Å². The van der Waals surface area contributed by atoms with Crippen molar-refractivity contribution in [2.24, 2.45) is 7.05 Å². The zero-order valence-corrected chi connectivity index (χ0v) is 14.9. The van der Waals surface area contributed by atoms with Gasteiger partial charge in [-0.3, -0.25) is 14.4 Å². The molecule has 1 aliphatic heterocycles. The molecule has 1 aliphatic rings. The molecule has 1 saturated heterocycles. The minimum Gasteiger partial charge on any atom is -0.361 e. The normalized spacial score (nSPS) is 14.0. The summed E-state index contributed by atoms with van der Waals surface area (Å²) in [6.07, 6.45) is 4.61. The molecule has 0 saturated carbocycles. The summed E-state index contributed by atoms with van der Waals surface area (Å²) in [5.74, 6) is -0.0971. The van der Waals surface area contributed by atoms with Gasteiger partial charge in [0.15, 0.2) is 0 Å². The molecule has 2 aromatic heterocycles. The highest BCUT2D eigenvalue weighted by molar-refractivity contribution is 5.87. The maximum absolute atomic E-state index is 12.4. The van der Waals surface area contributed by atoms with Crippen molar-refractivity contribution in [1.82, 2.24) is 14.5 Å². The Bertz CT molecular complexity index is 954. The van der Waals surface area contributed by atoms with E-state index in [1.165, 1.54) is 10.6 Å². The number of H-pyrrole nitrogens is 1. The number of hydrogen-bond donors (Lipinski definition) is 1. The van der Waals surface area contributed by atoms with E-state index in [0.717, 1.165) is 11.1 Å². The second-order valence-electron chi connectivity index (χ2n) is 6.35. The number of rotatable bonds is 5. The average Bonchev–Trinajstić information content (AvgIpc) is 2.60. The van der Waals surface area contributed by atoms with E-state index in [1.807, 2.05) is 17.9 Å². The summed E-state index contributed by atoms with van der Waals surface area (Å²) >= 11 is 0. The lowest BCUT2D eigenvalue weighted by molar-refractivity contribution is -0.130. The molecule has 1 fully saturated rings. The molecule has 0 bridgehead atoms. The number of amides is 1. The number of likely N-dealkylation sites (tertiary alicyclic amines) is 1. The number of aromatic nitrogens is 2. The lowest BCUT2D eigenvalue weighted by Crippen LogP contribution is -2.61. The first kappa shape index (κ1) is 17.7. The Hall–Kier alpha value is -3.09. The third kappa shape index (κ3) is 3.20. The number of hydrogen-bond acceptors (Lipinski definition) is 4. The van der Waals surface area contributed by atoms with Gasteiger partial charge in [-0.2, -0.15) is 0 Å². The maximum atomic E-state index is 12.4. The lowest BCUT2D eigenvalue weighted by atomic mass is 10.0. The van der Waals surface area contributed by atoms with E-state index in [2.05, 4.69) is 11.6 Å². The van der Waals surface area contributed by atoms with Crippen LogP contribution in [0.15, 0.2) is 52.8 Å². The number of carbonyl (C=O) groups excluding carboxylic acids is 1. The molecular formula is C19H22N4O3. The standard InChI is InChI=1S/C19H22N4O3/c1-4-17(24)22-11-15(12-22)23(5-2)16-8-14(10-20-19(16)26)13-6-7-21(3)18(25)9-13/h4,6-10,15H,1,5,11-12H2,2-3H3,(H,20,26). The van der Waals surface area contributed by atoms with Crippen molar-refractivity contribution in [3.05, 3.63) is 64.0 Å². The molecule has 1 amide bonds. The van der Waals surface area contributed by atoms with Crippen LogP contribution in [0.25, 0.3) is 11.1 Å². The van der Waals surface area contributed by atoms with Gasteiger partial charge in [-0.05, 0) is 30.7 Å². The van der Waals surface area contributed by atoms with Crippen LogP contribution >= 0.6 is 0 Å². The number of carbonyl (C=O) groups is 1. The van der Waals surface area contributed by atoms with Gasteiger partial charge in [0.25, 0.3) is 11.1 Å². The molecule has 1 N–H and O–H groups in total. The van der Waals surface area contributed by atoms with E-state index in [4.69, 9.17) is 0 Å². The molecule has 136 valence electrons. The SMILES string of the molecule is C=CC(=O)N1CC(N(CC)c2cc(-c3ccn(C)c(=O)c3)c[nH]c2=O)C1. The molecule has 3 rings (SSSR count). The van der Waals surface area contributed by atoms with Crippen LogP contribution in [0.5, 0.6) is 0 Å². The van der Waals surface area contributed by atoms with Crippen LogP contribution in [-0.4, -0.2) is 46.0 Å². The quantitative estimate of drug-likeness (QED) is 0.812. The third-order valence-corrected chi connectivity index (χ3v) is 4.76. The van der Waals surface area contributed by atoms with E-state index < -0.39 is 0 Å². The van der Waals surface area contributed by atoms with Gasteiger partial charge >= 0.3 is 0 Å². The predicted octanol–water partition coefficient (Wildman–Crippen LogP) is 0.964. The first-order chi connectivity index (χ1) is 12.4. The van der Waals surface area contributed by atoms with Crippen LogP contribution in [0.4, 0.5) is 5.69 Å². The van der Waals surface area contributed by atoms with Crippen molar-refractivity contribution < 1.29 is 4.79 Å². The van der Waals surface area contributed by atoms with Crippen LogP contribution in [0.1, 0.15) is 6.92 Å². The Morgan fingerprint density at radius 2 is 2.08 bits per heavy atom. The van der Waals surface area contributed by atoms with Crippen LogP contribution in [0.3, 0.4) is 0 Å². The molecule has 0 atom stereocenters. The van der Waals surface area contributed by atoms with Crippen molar-refractivity contribution in [2.45, 2.75) is 13.0 Å². The van der Waals surface area contributed by atoms with Crippen LogP contribution in [0, 0.1) is 0 Å². The highest BCUT2D eigenvalue weighted by atomic mass is 16.2. The summed E-state index contributed by atoms with van der Waals surface area (Å²) < 4.78 is 1.49. The summed E-state index contributed by atoms with van der Waals surface area (Å²) in [4.78, 5) is 42.4. The van der Waals surface area contributed by atoms with Crippen molar-refractivity contribution in [2.75, 3.05) is 24.5 Å². The zero-order valence-electron chi connectivity index (χ0n) is 14.9. The fourth-order valence-electron chi connectivity index (χ4n) is 3.17. The molecular weight excluding hydrogens is 332 g/mol. The largest absolute Gasteiger partial charge is 0.361 e. The summed E-state index contributed by atoms with van der Waals surface area (Å²) in [5, 5.41) is 0. The topological polar surface area (TPSA) is 78.4 Å². The number of aryl methyl sites for hydroxylation is 1. The monoisotopic (exact) mass is 354 g/mol. The second-order valence-corrected chi connectivity index (χ2v) is 6.35. The number of nitrogens with one attached hydrogen (secondary N) is 1. The smallest absolute Gasteiger partial charge is 0.271 e. The van der Waals surface area contributed by atoms with Gasteiger partial charge in [-0.25, -0.2) is 0 Å². The highest BCUT2D eigenvalue weighted by Gasteiger charge is 2.34. The Balaban J connectivity index is 1.90. The molecule has 3 heterocycles. The van der Waals surface area contributed by atoms with Crippen LogP contribution in [0.2, 0.25) is 0 Å². The van der Waals surface area contributed by atoms with Crippen LogP contribution < -0.4 is 16.0 Å². The van der Waals surface area contributed by atoms with Gasteiger partial charge in [0.05, 0.1) is 6.04 Å². The number of pyridine rings is 2. The number of aromatic amines is 1. The van der Waals surface area contributed by atoms with Gasteiger partial charge in [0, 0.05) is 50.7 Å². The Morgan fingerprint density at radius 3 is 2.69 bits per heavy atom. The minimum atomic E-state index is -0.187. The van der Waals surface area contributed by atoms with Gasteiger partial charge in [-0.15, -0.1) is 0 Å². The zero-order chi connectivity index (χ0) is 18.8. The van der Waals surface area contributed by atoms with Crippen molar-refractivity contribution in [3.63, 3.8) is 0 Å². The fraction of sp³-hybridized carbons (Fsp3) is 0.316. The van der Waals surface area contributed by atoms with Gasteiger partial charge in [0.2, 0.25) is 5.91 Å². The predicted molar refractivity (Wildman–Crippen MR) is 101 cm³/mol.